The number of ether oxygens (including phenoxy) is 3. The van der Waals surface area contributed by atoms with E-state index in [1.165, 1.54) is 17.3 Å². The van der Waals surface area contributed by atoms with Crippen molar-refractivity contribution in [2.24, 2.45) is 0 Å². The molecule has 0 bridgehead atoms. The van der Waals surface area contributed by atoms with Gasteiger partial charge in [0.2, 0.25) is 5.95 Å². The van der Waals surface area contributed by atoms with Gasteiger partial charge in [-0.2, -0.15) is 26.3 Å². The summed E-state index contributed by atoms with van der Waals surface area (Å²) in [6.45, 7) is 3.68. The maximum Gasteiger partial charge on any atom is 0.416 e. The number of halogens is 6. The number of carboxylic acid groups (broad SMARTS) is 1. The van der Waals surface area contributed by atoms with E-state index in [1.807, 2.05) is 50.2 Å². The monoisotopic (exact) mass is 745 g/mol. The number of methoxy groups -OCH3 is 1. The van der Waals surface area contributed by atoms with Gasteiger partial charge in [-0.25, -0.2) is 9.97 Å². The minimum absolute atomic E-state index is 0.00446. The number of alkyl halides is 6. The van der Waals surface area contributed by atoms with Gasteiger partial charge in [-0.3, -0.25) is 4.79 Å². The van der Waals surface area contributed by atoms with Gasteiger partial charge < -0.3 is 24.2 Å². The zero-order chi connectivity index (χ0) is 38.3. The molecular formula is C39H41F6N3O5. The predicted octanol–water partition coefficient (Wildman–Crippen LogP) is 10.1. The maximum atomic E-state index is 13.9. The van der Waals surface area contributed by atoms with Crippen LogP contribution in [0.2, 0.25) is 0 Å². The number of rotatable bonds is 15. The van der Waals surface area contributed by atoms with E-state index in [0.29, 0.717) is 34.8 Å². The molecule has 3 aromatic carbocycles. The van der Waals surface area contributed by atoms with Crippen molar-refractivity contribution in [2.45, 2.75) is 89.8 Å². The van der Waals surface area contributed by atoms with E-state index in [2.05, 4.69) is 9.97 Å². The van der Waals surface area contributed by atoms with E-state index in [1.54, 1.807) is 7.11 Å². The Balaban J connectivity index is 1.61. The van der Waals surface area contributed by atoms with Crippen LogP contribution in [0.3, 0.4) is 0 Å². The first-order valence-electron chi connectivity index (χ1n) is 17.3. The number of carboxylic acids is 1. The summed E-state index contributed by atoms with van der Waals surface area (Å²) < 4.78 is 101. The van der Waals surface area contributed by atoms with Crippen molar-refractivity contribution >= 4 is 11.9 Å². The Labute approximate surface area is 303 Å². The van der Waals surface area contributed by atoms with Crippen molar-refractivity contribution in [1.29, 1.82) is 0 Å². The maximum absolute atomic E-state index is 13.9. The lowest BCUT2D eigenvalue weighted by Gasteiger charge is -2.26. The third-order valence-electron chi connectivity index (χ3n) is 8.95. The summed E-state index contributed by atoms with van der Waals surface area (Å²) in [5.41, 5.74) is -0.00500. The average Bonchev–Trinajstić information content (AvgIpc) is 3.62. The van der Waals surface area contributed by atoms with Crippen LogP contribution in [-0.2, 0) is 30.2 Å². The van der Waals surface area contributed by atoms with Gasteiger partial charge in [0.25, 0.3) is 0 Å². The fourth-order valence-corrected chi connectivity index (χ4v) is 6.23. The molecule has 0 aliphatic heterocycles. The third kappa shape index (κ3) is 10.5. The van der Waals surface area contributed by atoms with Crippen LogP contribution >= 0.6 is 0 Å². The molecule has 1 saturated carbocycles. The first-order chi connectivity index (χ1) is 25.1. The van der Waals surface area contributed by atoms with Crippen LogP contribution in [0, 0.1) is 0 Å². The van der Waals surface area contributed by atoms with E-state index in [9.17, 15) is 31.1 Å². The van der Waals surface area contributed by atoms with E-state index in [4.69, 9.17) is 19.3 Å². The van der Waals surface area contributed by atoms with Gasteiger partial charge in [-0.15, -0.1) is 0 Å². The molecule has 1 aliphatic carbocycles. The summed E-state index contributed by atoms with van der Waals surface area (Å²) in [6, 6.07) is 12.8. The van der Waals surface area contributed by atoms with Gasteiger partial charge in [-0.05, 0) is 103 Å². The van der Waals surface area contributed by atoms with Crippen molar-refractivity contribution in [2.75, 3.05) is 18.6 Å². The van der Waals surface area contributed by atoms with E-state index in [-0.39, 0.29) is 61.3 Å². The normalized spacial score (nSPS) is 13.7. The van der Waals surface area contributed by atoms with Crippen LogP contribution in [0.15, 0.2) is 67.0 Å². The molecule has 1 aliphatic rings. The molecule has 8 nitrogen and oxygen atoms in total. The molecule has 0 spiro atoms. The lowest BCUT2D eigenvalue weighted by molar-refractivity contribution is -0.143. The Morgan fingerprint density at radius 1 is 0.868 bits per heavy atom. The quantitative estimate of drug-likeness (QED) is 0.0950. The summed E-state index contributed by atoms with van der Waals surface area (Å²) in [6.07, 6.45) is -3.44. The highest BCUT2D eigenvalue weighted by atomic mass is 19.4. The van der Waals surface area contributed by atoms with Crippen LogP contribution < -0.4 is 19.1 Å². The van der Waals surface area contributed by atoms with Gasteiger partial charge in [0.1, 0.15) is 11.5 Å². The van der Waals surface area contributed by atoms with Gasteiger partial charge >= 0.3 is 18.3 Å². The molecule has 14 heteroatoms. The first-order valence-corrected chi connectivity index (χ1v) is 17.3. The molecule has 1 aromatic heterocycles. The average molecular weight is 746 g/mol. The van der Waals surface area contributed by atoms with E-state index in [0.717, 1.165) is 36.8 Å². The number of benzene rings is 3. The summed E-state index contributed by atoms with van der Waals surface area (Å²) in [5, 5.41) is 8.90. The highest BCUT2D eigenvalue weighted by Gasteiger charge is 2.37. The number of hydrogen-bond donors (Lipinski definition) is 1. The second kappa shape index (κ2) is 16.8. The van der Waals surface area contributed by atoms with Crippen LogP contribution in [0.25, 0.3) is 11.1 Å². The van der Waals surface area contributed by atoms with E-state index < -0.39 is 36.0 Å². The van der Waals surface area contributed by atoms with Crippen LogP contribution in [0.1, 0.15) is 86.1 Å². The molecule has 284 valence electrons. The Hall–Kier alpha value is -5.01. The molecule has 1 heterocycles. The molecule has 5 rings (SSSR count). The number of anilines is 1. The zero-order valence-electron chi connectivity index (χ0n) is 29.6. The van der Waals surface area contributed by atoms with Gasteiger partial charge in [0.15, 0.2) is 5.75 Å². The number of nitrogens with zero attached hydrogens (tertiary/aromatic N) is 3. The minimum Gasteiger partial charge on any atom is -0.496 e. The molecule has 0 unspecified atom stereocenters. The lowest BCUT2D eigenvalue weighted by atomic mass is 9.93. The lowest BCUT2D eigenvalue weighted by Crippen LogP contribution is -2.25. The second-order valence-electron chi connectivity index (χ2n) is 13.3. The molecule has 1 fully saturated rings. The molecule has 0 amide bonds. The van der Waals surface area contributed by atoms with Gasteiger partial charge in [0.05, 0.1) is 43.3 Å². The van der Waals surface area contributed by atoms with Crippen molar-refractivity contribution < 1.29 is 50.5 Å². The summed E-state index contributed by atoms with van der Waals surface area (Å²) in [5.74, 6) is 0.542. The third-order valence-corrected chi connectivity index (χ3v) is 8.95. The SMILES string of the molecule is COc1ccc(C(C)C)cc1-c1ccc(OC2CCCC2)cc1CN(Cc1cc(C(F)(F)F)cc(C(F)(F)F)c1)c1ncc(OCCCC(=O)O)cn1. The first kappa shape index (κ1) is 39.2. The van der Waals surface area contributed by atoms with Crippen molar-refractivity contribution in [3.05, 3.63) is 94.8 Å². The van der Waals surface area contributed by atoms with Gasteiger partial charge in [-0.1, -0.05) is 26.0 Å². The standard InChI is InChI=1S/C39H41F6N3O5/c1-24(2)26-10-13-35(51-3)34(18-26)33-12-11-31(53-30-7-4-5-8-30)17-27(33)23-48(37-46-20-32(21-47-37)52-14-6-9-36(49)50)22-25-15-28(38(40,41)42)19-29(16-25)39(43,44)45/h10-13,15-21,24,30H,4-9,14,22-23H2,1-3H3,(H,49,50). The summed E-state index contributed by atoms with van der Waals surface area (Å²) in [4.78, 5) is 21.1. The fourth-order valence-electron chi connectivity index (χ4n) is 6.23. The predicted molar refractivity (Wildman–Crippen MR) is 186 cm³/mol. The molecule has 0 atom stereocenters. The van der Waals surface area contributed by atoms with Crippen LogP contribution in [-0.4, -0.2) is 40.9 Å². The molecular weight excluding hydrogens is 704 g/mol. The Morgan fingerprint density at radius 3 is 2.11 bits per heavy atom. The Morgan fingerprint density at radius 2 is 1.53 bits per heavy atom. The Bertz CT molecular complexity index is 1830. The van der Waals surface area contributed by atoms with Gasteiger partial charge in [0, 0.05) is 25.1 Å². The number of carbonyl (C=O) groups is 1. The van der Waals surface area contributed by atoms with Crippen molar-refractivity contribution in [3.8, 4) is 28.4 Å². The highest BCUT2D eigenvalue weighted by molar-refractivity contribution is 5.75. The number of aliphatic carboxylic acids is 1. The molecule has 4 aromatic rings. The topological polar surface area (TPSA) is 94.0 Å². The van der Waals surface area contributed by atoms with E-state index >= 15 is 0 Å². The van der Waals surface area contributed by atoms with Crippen molar-refractivity contribution in [3.63, 3.8) is 0 Å². The zero-order valence-corrected chi connectivity index (χ0v) is 29.6. The molecule has 1 N–H and O–H groups in total. The molecule has 0 radical (unpaired) electrons. The molecule has 0 saturated heterocycles. The molecule has 53 heavy (non-hydrogen) atoms. The highest BCUT2D eigenvalue weighted by Crippen LogP contribution is 2.40. The minimum atomic E-state index is -5.03. The van der Waals surface area contributed by atoms with Crippen molar-refractivity contribution in [1.82, 2.24) is 9.97 Å². The van der Waals surface area contributed by atoms with Crippen LogP contribution in [0.4, 0.5) is 32.3 Å². The summed E-state index contributed by atoms with van der Waals surface area (Å²) in [7, 11) is 1.54. The summed E-state index contributed by atoms with van der Waals surface area (Å²) >= 11 is 0. The number of hydrogen-bond acceptors (Lipinski definition) is 7. The smallest absolute Gasteiger partial charge is 0.416 e. The van der Waals surface area contributed by atoms with Crippen LogP contribution in [0.5, 0.6) is 17.2 Å². The Kier molecular flexibility index (Phi) is 12.4. The number of aromatic nitrogens is 2. The second-order valence-corrected chi connectivity index (χ2v) is 13.3. The fraction of sp³-hybridized carbons (Fsp3) is 0.410. The largest absolute Gasteiger partial charge is 0.496 e.